The first-order chi connectivity index (χ1) is 14.7. The quantitative estimate of drug-likeness (QED) is 0.737. The lowest BCUT2D eigenvalue weighted by Crippen LogP contribution is -2.45. The van der Waals surface area contributed by atoms with Crippen molar-refractivity contribution in [3.8, 4) is 0 Å². The summed E-state index contributed by atoms with van der Waals surface area (Å²) in [4.78, 5) is 29.3. The van der Waals surface area contributed by atoms with Crippen molar-refractivity contribution < 1.29 is 4.79 Å². The van der Waals surface area contributed by atoms with Gasteiger partial charge in [-0.2, -0.15) is 0 Å². The monoisotopic (exact) mass is 443 g/mol. The number of anilines is 1. The first-order valence-corrected chi connectivity index (χ1v) is 12.5. The zero-order valence-corrected chi connectivity index (χ0v) is 20.5. The first kappa shape index (κ1) is 22.5. The van der Waals surface area contributed by atoms with Gasteiger partial charge in [0.1, 0.15) is 17.0 Å². The number of thiophene rings is 1. The molecular weight excluding hydrogens is 406 g/mol. The van der Waals surface area contributed by atoms with E-state index in [-0.39, 0.29) is 17.2 Å². The molecule has 7 heteroatoms. The Morgan fingerprint density at radius 1 is 1.26 bits per heavy atom. The van der Waals surface area contributed by atoms with E-state index in [0.717, 1.165) is 62.0 Å². The van der Waals surface area contributed by atoms with Crippen molar-refractivity contribution in [3.05, 3.63) is 16.8 Å². The number of hydrogen-bond acceptors (Lipinski definition) is 6. The smallest absolute Gasteiger partial charge is 0.223 e. The number of carbonyl (C=O) groups is 1. The third-order valence-corrected chi connectivity index (χ3v) is 7.88. The molecule has 0 spiro atoms. The van der Waals surface area contributed by atoms with Gasteiger partial charge in [-0.1, -0.05) is 20.8 Å². The molecule has 1 fully saturated rings. The molecule has 0 saturated carbocycles. The molecule has 6 nitrogen and oxygen atoms in total. The van der Waals surface area contributed by atoms with Crippen LogP contribution >= 0.6 is 11.3 Å². The molecule has 1 unspecified atom stereocenters. The van der Waals surface area contributed by atoms with E-state index in [9.17, 15) is 4.79 Å². The molecule has 1 N–H and O–H groups in total. The SMILES string of the molecule is CC1CCc2c(sc3ncnc(N4CCC(C(=O)NCC(C)(C)CN(C)C)CC4)c23)C1. The van der Waals surface area contributed by atoms with E-state index in [0.29, 0.717) is 0 Å². The average molecular weight is 444 g/mol. The van der Waals surface area contributed by atoms with Crippen LogP contribution in [-0.4, -0.2) is 61.0 Å². The fourth-order valence-corrected chi connectivity index (χ4v) is 6.58. The molecule has 31 heavy (non-hydrogen) atoms. The molecule has 1 amide bonds. The Morgan fingerprint density at radius 3 is 2.71 bits per heavy atom. The predicted octanol–water partition coefficient (Wildman–Crippen LogP) is 3.74. The Labute approximate surface area is 190 Å². The molecule has 3 heterocycles. The number of nitrogens with one attached hydrogen (secondary N) is 1. The summed E-state index contributed by atoms with van der Waals surface area (Å²) < 4.78 is 0. The van der Waals surface area contributed by atoms with Gasteiger partial charge in [-0.15, -0.1) is 11.3 Å². The highest BCUT2D eigenvalue weighted by Gasteiger charge is 2.30. The zero-order chi connectivity index (χ0) is 22.2. The van der Waals surface area contributed by atoms with Gasteiger partial charge in [0.05, 0.1) is 5.39 Å². The number of amides is 1. The molecule has 0 aromatic carbocycles. The van der Waals surface area contributed by atoms with E-state index in [4.69, 9.17) is 4.98 Å². The molecule has 2 aromatic rings. The lowest BCUT2D eigenvalue weighted by atomic mass is 9.89. The molecule has 1 aliphatic heterocycles. The highest BCUT2D eigenvalue weighted by atomic mass is 32.1. The normalized spacial score (nSPS) is 20.3. The number of carbonyl (C=O) groups excluding carboxylic acids is 1. The third-order valence-electron chi connectivity index (χ3n) is 6.72. The Hall–Kier alpha value is -1.73. The predicted molar refractivity (Wildman–Crippen MR) is 129 cm³/mol. The summed E-state index contributed by atoms with van der Waals surface area (Å²) >= 11 is 1.85. The van der Waals surface area contributed by atoms with Gasteiger partial charge < -0.3 is 15.1 Å². The molecule has 0 bridgehead atoms. The van der Waals surface area contributed by atoms with Crippen LogP contribution in [0.5, 0.6) is 0 Å². The van der Waals surface area contributed by atoms with Crippen LogP contribution in [0.15, 0.2) is 6.33 Å². The van der Waals surface area contributed by atoms with Gasteiger partial charge in [0.2, 0.25) is 5.91 Å². The minimum absolute atomic E-state index is 0.0714. The lowest BCUT2D eigenvalue weighted by Gasteiger charge is -2.34. The van der Waals surface area contributed by atoms with Crippen molar-refractivity contribution in [2.45, 2.75) is 52.9 Å². The molecule has 170 valence electrons. The van der Waals surface area contributed by atoms with Gasteiger partial charge in [0.15, 0.2) is 0 Å². The highest BCUT2D eigenvalue weighted by molar-refractivity contribution is 7.19. The number of aryl methyl sites for hydroxylation is 1. The minimum atomic E-state index is 0.0714. The highest BCUT2D eigenvalue weighted by Crippen LogP contribution is 2.41. The van der Waals surface area contributed by atoms with Crippen molar-refractivity contribution in [2.75, 3.05) is 45.2 Å². The summed E-state index contributed by atoms with van der Waals surface area (Å²) in [7, 11) is 4.16. The van der Waals surface area contributed by atoms with Gasteiger partial charge in [-0.05, 0) is 63.1 Å². The zero-order valence-electron chi connectivity index (χ0n) is 19.7. The number of piperidine rings is 1. The maximum Gasteiger partial charge on any atom is 0.223 e. The fraction of sp³-hybridized carbons (Fsp3) is 0.708. The Bertz CT molecular complexity index is 929. The summed E-state index contributed by atoms with van der Waals surface area (Å²) in [6, 6.07) is 0. The number of aromatic nitrogens is 2. The van der Waals surface area contributed by atoms with Crippen LogP contribution in [0.1, 0.15) is 50.5 Å². The van der Waals surface area contributed by atoms with Gasteiger partial charge in [0.25, 0.3) is 0 Å². The third kappa shape index (κ3) is 5.03. The standard InChI is InChI=1S/C24H37N5OS/c1-16-6-7-18-19(12-16)31-23-20(18)21(26-15-27-23)29-10-8-17(9-11-29)22(30)25-13-24(2,3)14-28(4)5/h15-17H,6-14H2,1-5H3,(H,25,30). The van der Waals surface area contributed by atoms with Crippen LogP contribution in [0, 0.1) is 17.3 Å². The van der Waals surface area contributed by atoms with Crippen LogP contribution < -0.4 is 10.2 Å². The molecular formula is C24H37N5OS. The summed E-state index contributed by atoms with van der Waals surface area (Å²) in [5.41, 5.74) is 1.55. The van der Waals surface area contributed by atoms with Gasteiger partial charge in [0, 0.05) is 37.0 Å². The van der Waals surface area contributed by atoms with Crippen LogP contribution in [0.2, 0.25) is 0 Å². The lowest BCUT2D eigenvalue weighted by molar-refractivity contribution is -0.126. The van der Waals surface area contributed by atoms with Crippen LogP contribution in [0.3, 0.4) is 0 Å². The van der Waals surface area contributed by atoms with Crippen molar-refractivity contribution >= 4 is 33.3 Å². The van der Waals surface area contributed by atoms with Crippen molar-refractivity contribution in [1.82, 2.24) is 20.2 Å². The van der Waals surface area contributed by atoms with E-state index >= 15 is 0 Å². The van der Waals surface area contributed by atoms with Crippen LogP contribution in [-0.2, 0) is 17.6 Å². The second-order valence-corrected chi connectivity index (χ2v) is 11.7. The van der Waals surface area contributed by atoms with E-state index in [2.05, 4.69) is 55.0 Å². The number of nitrogens with zero attached hydrogens (tertiary/aromatic N) is 4. The molecule has 2 aliphatic rings. The second kappa shape index (κ2) is 9.02. The maximum atomic E-state index is 12.8. The van der Waals surface area contributed by atoms with Gasteiger partial charge >= 0.3 is 0 Å². The molecule has 0 radical (unpaired) electrons. The first-order valence-electron chi connectivity index (χ1n) is 11.7. The Morgan fingerprint density at radius 2 is 2.00 bits per heavy atom. The van der Waals surface area contributed by atoms with Crippen molar-refractivity contribution in [2.24, 2.45) is 17.3 Å². The van der Waals surface area contributed by atoms with E-state index in [1.165, 1.54) is 28.7 Å². The van der Waals surface area contributed by atoms with Crippen molar-refractivity contribution in [1.29, 1.82) is 0 Å². The van der Waals surface area contributed by atoms with E-state index in [1.54, 1.807) is 6.33 Å². The topological polar surface area (TPSA) is 61.4 Å². The number of fused-ring (bicyclic) bond motifs is 3. The molecule has 1 saturated heterocycles. The number of hydrogen-bond donors (Lipinski definition) is 1. The van der Waals surface area contributed by atoms with Gasteiger partial charge in [-0.25, -0.2) is 9.97 Å². The Kier molecular flexibility index (Phi) is 6.54. The maximum absolute atomic E-state index is 12.8. The van der Waals surface area contributed by atoms with E-state index < -0.39 is 0 Å². The summed E-state index contributed by atoms with van der Waals surface area (Å²) in [6.45, 7) is 10.2. The summed E-state index contributed by atoms with van der Waals surface area (Å²) in [5.74, 6) is 2.15. The van der Waals surface area contributed by atoms with Gasteiger partial charge in [-0.3, -0.25) is 4.79 Å². The van der Waals surface area contributed by atoms with E-state index in [1.807, 2.05) is 11.3 Å². The molecule has 4 rings (SSSR count). The molecule has 1 atom stereocenters. The van der Waals surface area contributed by atoms with Crippen LogP contribution in [0.4, 0.5) is 5.82 Å². The molecule has 2 aromatic heterocycles. The second-order valence-electron chi connectivity index (χ2n) is 10.6. The Balaban J connectivity index is 1.40. The van der Waals surface area contributed by atoms with Crippen LogP contribution in [0.25, 0.3) is 10.2 Å². The largest absolute Gasteiger partial charge is 0.356 e. The number of rotatable bonds is 6. The van der Waals surface area contributed by atoms with Crippen molar-refractivity contribution in [3.63, 3.8) is 0 Å². The summed E-state index contributed by atoms with van der Waals surface area (Å²) in [5, 5.41) is 4.50. The fourth-order valence-electron chi connectivity index (χ4n) is 5.23. The summed E-state index contributed by atoms with van der Waals surface area (Å²) in [6.07, 6.45) is 7.04. The minimum Gasteiger partial charge on any atom is -0.356 e. The molecule has 1 aliphatic carbocycles. The average Bonchev–Trinajstić information content (AvgIpc) is 3.09.